The first-order valence-corrected chi connectivity index (χ1v) is 10.1. The fraction of sp³-hybridized carbons (Fsp3) is 0.238. The Balaban J connectivity index is 1.85. The van der Waals surface area contributed by atoms with Crippen molar-refractivity contribution in [2.24, 2.45) is 0 Å². The Morgan fingerprint density at radius 1 is 1.20 bits per heavy atom. The van der Waals surface area contributed by atoms with Gasteiger partial charge in [0.05, 0.1) is 5.69 Å². The van der Waals surface area contributed by atoms with Gasteiger partial charge in [0.1, 0.15) is 17.2 Å². The molecule has 0 bridgehead atoms. The van der Waals surface area contributed by atoms with Crippen LogP contribution >= 0.6 is 23.1 Å². The zero-order chi connectivity index (χ0) is 21.9. The van der Waals surface area contributed by atoms with Gasteiger partial charge in [-0.15, -0.1) is 0 Å². The summed E-state index contributed by atoms with van der Waals surface area (Å²) in [5, 5.41) is 9.28. The maximum Gasteiger partial charge on any atom is 0.427 e. The molecule has 1 N–H and O–H groups in total. The van der Waals surface area contributed by atoms with E-state index in [-0.39, 0.29) is 24.3 Å². The molecule has 158 valence electrons. The van der Waals surface area contributed by atoms with Crippen LogP contribution < -0.4 is 4.74 Å². The first-order valence-electron chi connectivity index (χ1n) is 8.91. The minimum absolute atomic E-state index is 0.00100. The number of aromatic nitrogens is 1. The van der Waals surface area contributed by atoms with Crippen LogP contribution in [0.2, 0.25) is 5.02 Å². The summed E-state index contributed by atoms with van der Waals surface area (Å²) >= 11 is 6.26. The quantitative estimate of drug-likeness (QED) is 0.448. The second-order valence-corrected chi connectivity index (χ2v) is 7.82. The largest absolute Gasteiger partial charge is 0.489 e. The highest BCUT2D eigenvalue weighted by molar-refractivity contribution is 7.06. The average molecular weight is 456 g/mol. The molecule has 3 aromatic rings. The number of aryl methyl sites for hydroxylation is 2. The third kappa shape index (κ3) is 5.31. The van der Waals surface area contributed by atoms with E-state index >= 15 is 0 Å². The van der Waals surface area contributed by atoms with Crippen LogP contribution in [-0.2, 0) is 24.0 Å². The third-order valence-electron chi connectivity index (χ3n) is 4.47. The Kier molecular flexibility index (Phi) is 6.67. The van der Waals surface area contributed by atoms with Gasteiger partial charge in [0, 0.05) is 22.6 Å². The van der Waals surface area contributed by atoms with E-state index in [0.717, 1.165) is 11.1 Å². The zero-order valence-corrected chi connectivity index (χ0v) is 17.4. The maximum absolute atomic E-state index is 13.5. The summed E-state index contributed by atoms with van der Waals surface area (Å²) < 4.78 is 50.1. The summed E-state index contributed by atoms with van der Waals surface area (Å²) in [6.07, 6.45) is -4.17. The number of aliphatic carboxylic acids is 1. The predicted molar refractivity (Wildman–Crippen MR) is 109 cm³/mol. The van der Waals surface area contributed by atoms with Crippen LogP contribution in [0.25, 0.3) is 11.3 Å². The minimum Gasteiger partial charge on any atom is -0.489 e. The lowest BCUT2D eigenvalue weighted by Gasteiger charge is -2.12. The van der Waals surface area contributed by atoms with Gasteiger partial charge < -0.3 is 9.84 Å². The summed E-state index contributed by atoms with van der Waals surface area (Å²) in [5.74, 6) is -0.498. The molecule has 9 heteroatoms. The lowest BCUT2D eigenvalue weighted by molar-refractivity contribution is -0.137. The molecule has 30 heavy (non-hydrogen) atoms. The highest BCUT2D eigenvalue weighted by Gasteiger charge is 2.38. The van der Waals surface area contributed by atoms with Crippen molar-refractivity contribution in [2.75, 3.05) is 0 Å². The maximum atomic E-state index is 13.5. The summed E-state index contributed by atoms with van der Waals surface area (Å²) in [7, 11) is 0. The summed E-state index contributed by atoms with van der Waals surface area (Å²) in [4.78, 5) is 9.93. The molecule has 0 aliphatic carbocycles. The lowest BCUT2D eigenvalue weighted by Crippen LogP contribution is -2.08. The number of ether oxygens (including phenoxy) is 1. The van der Waals surface area contributed by atoms with E-state index in [1.54, 1.807) is 49.4 Å². The third-order valence-corrected chi connectivity index (χ3v) is 5.65. The molecule has 0 radical (unpaired) electrons. The number of carbonyl (C=O) groups is 1. The van der Waals surface area contributed by atoms with Gasteiger partial charge in [-0.2, -0.15) is 17.5 Å². The molecule has 0 saturated heterocycles. The average Bonchev–Trinajstić information content (AvgIpc) is 3.10. The molecular formula is C21H17ClF3NO3S. The van der Waals surface area contributed by atoms with E-state index in [4.69, 9.17) is 21.4 Å². The molecule has 0 spiro atoms. The van der Waals surface area contributed by atoms with Crippen molar-refractivity contribution in [3.63, 3.8) is 0 Å². The number of hydrogen-bond donors (Lipinski definition) is 1. The van der Waals surface area contributed by atoms with Crippen molar-refractivity contribution in [1.82, 2.24) is 4.37 Å². The normalized spacial score (nSPS) is 11.5. The number of hydrogen-bond acceptors (Lipinski definition) is 4. The first-order chi connectivity index (χ1) is 14.1. The monoisotopic (exact) mass is 455 g/mol. The number of nitrogens with zero attached hydrogens (tertiary/aromatic N) is 1. The van der Waals surface area contributed by atoms with Crippen molar-refractivity contribution in [1.29, 1.82) is 0 Å². The van der Waals surface area contributed by atoms with E-state index in [0.29, 0.717) is 34.3 Å². The van der Waals surface area contributed by atoms with Crippen LogP contribution in [0.4, 0.5) is 13.2 Å². The van der Waals surface area contributed by atoms with Gasteiger partial charge in [-0.05, 0) is 60.3 Å². The molecule has 0 fully saturated rings. The van der Waals surface area contributed by atoms with Crippen LogP contribution in [0.1, 0.15) is 28.0 Å². The van der Waals surface area contributed by atoms with Crippen molar-refractivity contribution >= 4 is 29.1 Å². The molecular weight excluding hydrogens is 439 g/mol. The van der Waals surface area contributed by atoms with Crippen LogP contribution in [0, 0.1) is 6.92 Å². The highest BCUT2D eigenvalue weighted by Crippen LogP contribution is 2.40. The second-order valence-electron chi connectivity index (χ2n) is 6.61. The number of rotatable bonds is 7. The molecule has 0 aliphatic heterocycles. The first kappa shape index (κ1) is 22.1. The molecule has 0 unspecified atom stereocenters. The molecule has 0 saturated carbocycles. The Bertz CT molecular complexity index is 1050. The molecule has 3 rings (SSSR count). The Labute approximate surface area is 180 Å². The highest BCUT2D eigenvalue weighted by atomic mass is 35.5. The van der Waals surface area contributed by atoms with Gasteiger partial charge in [-0.25, -0.2) is 0 Å². The molecule has 0 amide bonds. The van der Waals surface area contributed by atoms with E-state index in [2.05, 4.69) is 4.37 Å². The Morgan fingerprint density at radius 2 is 1.90 bits per heavy atom. The van der Waals surface area contributed by atoms with Crippen molar-refractivity contribution in [3.05, 3.63) is 69.1 Å². The number of carboxylic acid groups (broad SMARTS) is 1. The summed E-state index contributed by atoms with van der Waals surface area (Å²) in [6.45, 7) is 1.49. The van der Waals surface area contributed by atoms with E-state index in [9.17, 15) is 18.0 Å². The molecule has 1 aromatic heterocycles. The van der Waals surface area contributed by atoms with Gasteiger partial charge in [0.15, 0.2) is 0 Å². The summed E-state index contributed by atoms with van der Waals surface area (Å²) in [5.41, 5.74) is 2.34. The Morgan fingerprint density at radius 3 is 2.50 bits per heavy atom. The second kappa shape index (κ2) is 9.06. The zero-order valence-electron chi connectivity index (χ0n) is 15.8. The molecule has 0 atom stereocenters. The van der Waals surface area contributed by atoms with E-state index in [1.807, 2.05) is 0 Å². The van der Waals surface area contributed by atoms with Gasteiger partial charge in [-0.1, -0.05) is 29.8 Å². The van der Waals surface area contributed by atoms with E-state index in [1.165, 1.54) is 0 Å². The van der Waals surface area contributed by atoms with Crippen LogP contribution in [0.5, 0.6) is 5.75 Å². The lowest BCUT2D eigenvalue weighted by atomic mass is 10.0. The smallest absolute Gasteiger partial charge is 0.427 e. The topological polar surface area (TPSA) is 59.4 Å². The van der Waals surface area contributed by atoms with Crippen LogP contribution in [-0.4, -0.2) is 15.4 Å². The van der Waals surface area contributed by atoms with Crippen molar-refractivity contribution < 1.29 is 27.8 Å². The van der Waals surface area contributed by atoms with Gasteiger partial charge in [-0.3, -0.25) is 4.79 Å². The minimum atomic E-state index is -4.54. The number of halogens is 4. The van der Waals surface area contributed by atoms with E-state index < -0.39 is 17.0 Å². The van der Waals surface area contributed by atoms with Crippen LogP contribution in [0.15, 0.2) is 42.5 Å². The number of alkyl halides is 3. The van der Waals surface area contributed by atoms with Crippen molar-refractivity contribution in [2.45, 2.75) is 32.5 Å². The van der Waals surface area contributed by atoms with Gasteiger partial charge in [0.25, 0.3) is 0 Å². The van der Waals surface area contributed by atoms with Crippen LogP contribution in [0.3, 0.4) is 0 Å². The van der Waals surface area contributed by atoms with Crippen molar-refractivity contribution in [3.8, 4) is 17.0 Å². The fourth-order valence-electron chi connectivity index (χ4n) is 2.94. The molecule has 2 aromatic carbocycles. The Hall–Kier alpha value is -2.58. The molecule has 1 heterocycles. The molecule has 0 aliphatic rings. The van der Waals surface area contributed by atoms with Gasteiger partial charge >= 0.3 is 12.1 Å². The summed E-state index contributed by atoms with van der Waals surface area (Å²) in [6, 6.07) is 11.4. The molecule has 4 nitrogen and oxygen atoms in total. The fourth-order valence-corrected chi connectivity index (χ4v) is 3.83. The predicted octanol–water partition coefficient (Wildman–Crippen LogP) is 6.39. The standard InChI is InChI=1S/C21H17ClF3NO3S/c1-12-10-16(8-4-13(12)5-9-18(27)28)29-11-17-19(14-2-6-15(22)7-3-14)26-30-20(17)21(23,24)25/h2-4,6-8,10H,5,9,11H2,1H3,(H,27,28). The van der Waals surface area contributed by atoms with Gasteiger partial charge in [0.2, 0.25) is 0 Å². The number of carboxylic acids is 1. The number of benzene rings is 2. The SMILES string of the molecule is Cc1cc(OCc2c(-c3ccc(Cl)cc3)nsc2C(F)(F)F)ccc1CCC(=O)O.